The number of hydrogen-bond donors (Lipinski definition) is 3. The number of H-pyrrole nitrogens is 1. The average Bonchev–Trinajstić information content (AvgIpc) is 3.25. The topological polar surface area (TPSA) is 79.6 Å². The Morgan fingerprint density at radius 1 is 1.19 bits per heavy atom. The first-order valence-corrected chi connectivity index (χ1v) is 9.50. The van der Waals surface area contributed by atoms with Crippen LogP contribution >= 0.6 is 11.3 Å². The minimum Gasteiger partial charge on any atom is -0.399 e. The van der Waals surface area contributed by atoms with Gasteiger partial charge in [0.1, 0.15) is 0 Å². The highest BCUT2D eigenvalue weighted by atomic mass is 32.1. The van der Waals surface area contributed by atoms with Crippen LogP contribution < -0.4 is 11.1 Å². The molecule has 2 aromatic carbocycles. The molecule has 0 aliphatic heterocycles. The van der Waals surface area contributed by atoms with Crippen molar-refractivity contribution in [3.63, 3.8) is 0 Å². The molecule has 0 fully saturated rings. The normalized spacial score (nSPS) is 11.1. The van der Waals surface area contributed by atoms with E-state index >= 15 is 0 Å². The van der Waals surface area contributed by atoms with Gasteiger partial charge in [-0.25, -0.2) is 4.98 Å². The van der Waals surface area contributed by atoms with E-state index in [1.165, 1.54) is 16.0 Å². The maximum atomic E-state index is 6.00. The molecular formula is C20H21N5S. The summed E-state index contributed by atoms with van der Waals surface area (Å²) in [5, 5.41) is 12.6. The zero-order valence-electron chi connectivity index (χ0n) is 14.6. The number of rotatable bonds is 6. The molecule has 0 atom stereocenters. The van der Waals surface area contributed by atoms with Crippen LogP contribution in [0.4, 0.5) is 10.8 Å². The summed E-state index contributed by atoms with van der Waals surface area (Å²) in [6.07, 6.45) is 3.83. The van der Waals surface area contributed by atoms with Gasteiger partial charge >= 0.3 is 0 Å². The van der Waals surface area contributed by atoms with Gasteiger partial charge in [-0.05, 0) is 49.1 Å². The van der Waals surface area contributed by atoms with E-state index in [-0.39, 0.29) is 0 Å². The summed E-state index contributed by atoms with van der Waals surface area (Å²) >= 11 is 1.70. The lowest BCUT2D eigenvalue weighted by molar-refractivity contribution is 0.863. The molecule has 2 aromatic heterocycles. The van der Waals surface area contributed by atoms with E-state index in [0.29, 0.717) is 0 Å². The largest absolute Gasteiger partial charge is 0.399 e. The molecule has 5 nitrogen and oxygen atoms in total. The van der Waals surface area contributed by atoms with Gasteiger partial charge in [0.25, 0.3) is 0 Å². The zero-order chi connectivity index (χ0) is 17.9. The van der Waals surface area contributed by atoms with E-state index in [1.54, 1.807) is 11.3 Å². The lowest BCUT2D eigenvalue weighted by Crippen LogP contribution is -2.03. The smallest absolute Gasteiger partial charge is 0.183 e. The quantitative estimate of drug-likeness (QED) is 0.345. The fourth-order valence-corrected chi connectivity index (χ4v) is 4.05. The van der Waals surface area contributed by atoms with Crippen LogP contribution in [0.2, 0.25) is 0 Å². The molecule has 0 aliphatic rings. The molecule has 0 saturated carbocycles. The summed E-state index contributed by atoms with van der Waals surface area (Å²) in [6, 6.07) is 14.4. The Morgan fingerprint density at radius 3 is 2.96 bits per heavy atom. The van der Waals surface area contributed by atoms with Crippen molar-refractivity contribution in [2.75, 3.05) is 17.6 Å². The Labute approximate surface area is 156 Å². The number of nitrogens with two attached hydrogens (primary N) is 1. The maximum Gasteiger partial charge on any atom is 0.183 e. The summed E-state index contributed by atoms with van der Waals surface area (Å²) in [6.45, 7) is 2.93. The number of nitrogens with zero attached hydrogens (tertiary/aromatic N) is 2. The molecule has 132 valence electrons. The van der Waals surface area contributed by atoms with E-state index in [2.05, 4.69) is 51.7 Å². The monoisotopic (exact) mass is 363 g/mol. The first-order chi connectivity index (χ1) is 12.7. The van der Waals surface area contributed by atoms with Crippen LogP contribution in [0.3, 0.4) is 0 Å². The third-order valence-corrected chi connectivity index (χ3v) is 5.62. The van der Waals surface area contributed by atoms with Gasteiger partial charge < -0.3 is 11.1 Å². The number of fused-ring (bicyclic) bond motifs is 1. The van der Waals surface area contributed by atoms with E-state index in [4.69, 9.17) is 5.73 Å². The molecule has 4 N–H and O–H groups in total. The predicted octanol–water partition coefficient (Wildman–Crippen LogP) is 4.62. The molecule has 0 spiro atoms. The van der Waals surface area contributed by atoms with Crippen molar-refractivity contribution < 1.29 is 0 Å². The van der Waals surface area contributed by atoms with Crippen LogP contribution in [-0.4, -0.2) is 21.7 Å². The van der Waals surface area contributed by atoms with E-state index in [1.807, 2.05) is 24.4 Å². The summed E-state index contributed by atoms with van der Waals surface area (Å²) < 4.78 is 0. The Morgan fingerprint density at radius 2 is 2.08 bits per heavy atom. The molecular weight excluding hydrogens is 342 g/mol. The van der Waals surface area contributed by atoms with E-state index < -0.39 is 0 Å². The second-order valence-corrected chi connectivity index (χ2v) is 7.33. The number of benzene rings is 2. The first kappa shape index (κ1) is 16.6. The van der Waals surface area contributed by atoms with Crippen LogP contribution in [0.5, 0.6) is 0 Å². The molecule has 2 heterocycles. The van der Waals surface area contributed by atoms with E-state index in [9.17, 15) is 0 Å². The number of para-hydroxylation sites is 1. The Kier molecular flexibility index (Phi) is 4.58. The number of aromatic nitrogens is 3. The lowest BCUT2D eigenvalue weighted by Gasteiger charge is -2.05. The summed E-state index contributed by atoms with van der Waals surface area (Å²) in [5.74, 6) is 0. The van der Waals surface area contributed by atoms with Crippen LogP contribution in [-0.2, 0) is 6.42 Å². The minimum atomic E-state index is 0.870. The number of aryl methyl sites for hydroxylation is 2. The maximum absolute atomic E-state index is 6.00. The number of nitrogens with one attached hydrogen (secondary N) is 2. The summed E-state index contributed by atoms with van der Waals surface area (Å²) in [4.78, 5) is 5.87. The summed E-state index contributed by atoms with van der Waals surface area (Å²) in [5.41, 5.74) is 11.4. The van der Waals surface area contributed by atoms with Crippen LogP contribution in [0.1, 0.15) is 17.7 Å². The van der Waals surface area contributed by atoms with Crippen molar-refractivity contribution >= 4 is 33.1 Å². The van der Waals surface area contributed by atoms with Crippen molar-refractivity contribution in [2.45, 2.75) is 19.8 Å². The molecule has 0 amide bonds. The van der Waals surface area contributed by atoms with Gasteiger partial charge in [0.15, 0.2) is 5.13 Å². The van der Waals surface area contributed by atoms with Crippen molar-refractivity contribution in [1.29, 1.82) is 0 Å². The molecule has 0 aliphatic carbocycles. The Hall–Kier alpha value is -2.86. The van der Waals surface area contributed by atoms with Gasteiger partial charge in [-0.2, -0.15) is 5.10 Å². The van der Waals surface area contributed by atoms with Crippen molar-refractivity contribution in [2.24, 2.45) is 0 Å². The minimum absolute atomic E-state index is 0.870. The molecule has 0 saturated heterocycles. The highest BCUT2D eigenvalue weighted by molar-refractivity contribution is 7.19. The van der Waals surface area contributed by atoms with Crippen LogP contribution in [0.15, 0.2) is 48.7 Å². The average molecular weight is 363 g/mol. The van der Waals surface area contributed by atoms with Crippen molar-refractivity contribution in [1.82, 2.24) is 15.2 Å². The third-order valence-electron chi connectivity index (χ3n) is 4.45. The highest BCUT2D eigenvalue weighted by Gasteiger charge is 2.10. The zero-order valence-corrected chi connectivity index (χ0v) is 15.4. The van der Waals surface area contributed by atoms with Gasteiger partial charge in [0.05, 0.1) is 22.3 Å². The second kappa shape index (κ2) is 7.17. The number of anilines is 2. The van der Waals surface area contributed by atoms with Gasteiger partial charge in [-0.15, -0.1) is 0 Å². The second-order valence-electron chi connectivity index (χ2n) is 6.33. The molecule has 4 aromatic rings. The molecule has 0 unspecified atom stereocenters. The molecule has 26 heavy (non-hydrogen) atoms. The molecule has 0 radical (unpaired) electrons. The fourth-order valence-electron chi connectivity index (χ4n) is 3.06. The van der Waals surface area contributed by atoms with Crippen LogP contribution in [0, 0.1) is 6.92 Å². The molecule has 6 heteroatoms. The van der Waals surface area contributed by atoms with E-state index in [0.717, 1.165) is 46.8 Å². The van der Waals surface area contributed by atoms with Crippen molar-refractivity contribution in [3.8, 4) is 10.4 Å². The van der Waals surface area contributed by atoms with Gasteiger partial charge in [-0.1, -0.05) is 35.6 Å². The molecule has 4 rings (SSSR count). The highest BCUT2D eigenvalue weighted by Crippen LogP contribution is 2.34. The number of aromatic amines is 1. The number of thiazole rings is 1. The predicted molar refractivity (Wildman–Crippen MR) is 110 cm³/mol. The first-order valence-electron chi connectivity index (χ1n) is 8.69. The summed E-state index contributed by atoms with van der Waals surface area (Å²) in [7, 11) is 0. The Balaban J connectivity index is 1.41. The third kappa shape index (κ3) is 3.41. The number of nitrogen functional groups attached to an aromatic ring is 1. The number of hydrogen-bond acceptors (Lipinski definition) is 5. The fraction of sp³-hybridized carbons (Fsp3) is 0.200. The van der Waals surface area contributed by atoms with Gasteiger partial charge in [-0.3, -0.25) is 5.10 Å². The van der Waals surface area contributed by atoms with Crippen LogP contribution in [0.25, 0.3) is 21.3 Å². The SMILES string of the molecule is Cc1nc(NCCCc2ccccc2N)sc1-c1ccc2[nH]ncc2c1. The van der Waals surface area contributed by atoms with Crippen molar-refractivity contribution in [3.05, 3.63) is 59.9 Å². The van der Waals surface area contributed by atoms with Gasteiger partial charge in [0.2, 0.25) is 0 Å². The molecule has 0 bridgehead atoms. The Bertz CT molecular complexity index is 1030. The van der Waals surface area contributed by atoms with Gasteiger partial charge in [0, 0.05) is 17.6 Å². The lowest BCUT2D eigenvalue weighted by atomic mass is 10.1. The standard InChI is InChI=1S/C20H21N5S/c1-13-19(15-8-9-18-16(11-15)12-23-25-18)26-20(24-13)22-10-4-6-14-5-2-3-7-17(14)21/h2-3,5,7-9,11-12H,4,6,10,21H2,1H3,(H,22,24)(H,23,25).